The van der Waals surface area contributed by atoms with Crippen LogP contribution in [0.2, 0.25) is 0 Å². The van der Waals surface area contributed by atoms with Crippen LogP contribution in [0.1, 0.15) is 97.2 Å². The number of carboxylic acids is 10. The van der Waals surface area contributed by atoms with E-state index < -0.39 is 124 Å². The lowest BCUT2D eigenvalue weighted by molar-refractivity contribution is -0.144. The van der Waals surface area contributed by atoms with Gasteiger partial charge in [-0.2, -0.15) is 23.5 Å². The van der Waals surface area contributed by atoms with Gasteiger partial charge in [-0.3, -0.25) is 86.9 Å². The average molecular weight is 1470 g/mol. The molecule has 3 aromatic heterocycles. The van der Waals surface area contributed by atoms with Crippen LogP contribution in [0.15, 0.2) is 24.3 Å². The van der Waals surface area contributed by atoms with Gasteiger partial charge in [-0.05, 0) is 123 Å². The number of nitrogens with one attached hydrogen (secondary N) is 4. The van der Waals surface area contributed by atoms with Crippen LogP contribution in [0.3, 0.4) is 0 Å². The van der Waals surface area contributed by atoms with E-state index in [-0.39, 0.29) is 115 Å². The van der Waals surface area contributed by atoms with E-state index in [1.54, 1.807) is 6.07 Å². The first-order chi connectivity index (χ1) is 48.1. The van der Waals surface area contributed by atoms with Gasteiger partial charge in [-0.15, -0.1) is 0 Å². The van der Waals surface area contributed by atoms with Gasteiger partial charge >= 0.3 is 59.7 Å². The third kappa shape index (κ3) is 27.6. The van der Waals surface area contributed by atoms with Crippen molar-refractivity contribution >= 4 is 139 Å². The Bertz CT molecular complexity index is 3820. The number of allylic oxidation sites excluding steroid dienone is 3. The molecule has 0 saturated carbocycles. The maximum absolute atomic E-state index is 13.5. The fourth-order valence-corrected chi connectivity index (χ4v) is 14.0. The maximum atomic E-state index is 13.5. The van der Waals surface area contributed by atoms with Crippen LogP contribution >= 0.6 is 23.5 Å². The first-order valence-corrected chi connectivity index (χ1v) is 34.6. The van der Waals surface area contributed by atoms with E-state index >= 15 is 0 Å². The van der Waals surface area contributed by atoms with Gasteiger partial charge in [-0.25, -0.2) is 9.97 Å². The second kappa shape index (κ2) is 40.4. The predicted molar refractivity (Wildman–Crippen MR) is 377 cm³/mol. The SMILES string of the molecule is CC1=C(CCC(=O)O)c2cc3[nH]c(cc4nc(cc5[nH]c(cc1n2)c(C)c5C(C)SCCNC(=O)CN(CCN(CCN(CC(=O)O)CC(=O)O)CC(=O)O)CC(=O)O)C(C)=C4C(C)SCCNC(=O)CN(CCN(CCN(CC(=O)O)CC(=O)O)CC(=O)O)CC(=O)O)c(C)c3CCC(=O)O. The zero-order valence-corrected chi connectivity index (χ0v) is 59.2. The Hall–Kier alpha value is -9.30. The fraction of sp³-hybridized carbons (Fsp3) is 0.515. The number of carboxylic acid groups (broad SMARTS) is 10. The van der Waals surface area contributed by atoms with Crippen LogP contribution in [0.4, 0.5) is 0 Å². The molecule has 0 aromatic carbocycles. The highest BCUT2D eigenvalue weighted by molar-refractivity contribution is 8.00. The van der Waals surface area contributed by atoms with Crippen molar-refractivity contribution in [3.63, 3.8) is 0 Å². The number of H-pyrrole nitrogens is 2. The van der Waals surface area contributed by atoms with E-state index in [1.807, 2.05) is 59.7 Å². The standard InChI is InChI=1S/C66H90N12O22S2/c1-37-43(7-9-55(81)82)49-26-50-44(8-10-56(83)84)38(2)46(70-50)24-51-66(42(6)102-22-12-68-54(80)28-76(32-60(91)92)18-14-74(30-58(87)88)16-20-78(35-63(97)98)36-64(99)100)40(4)48(72-51)25-52-65(39(3)47(71-52)23-45(37)69-49)41(5)101-21-11-67-53(79)27-75(31-59(89)90)17-13-73(29-57(85)86)15-19-77(33-61(93)94)34-62(95)96/h23-26,41-42,70-71H,7-22,27-36H2,1-6H3,(H,67,79)(H,68,80)(H,81,82)(H,83,84)(H,85,86)(H,87,88)(H,89,90)(H,91,92)(H,93,94)(H,95,96)(H,97,98)(H,99,100). The number of thioether (sulfide) groups is 2. The highest BCUT2D eigenvalue weighted by Gasteiger charge is 2.28. The van der Waals surface area contributed by atoms with Crippen molar-refractivity contribution in [2.75, 3.05) is 142 Å². The van der Waals surface area contributed by atoms with Gasteiger partial charge < -0.3 is 71.7 Å². The summed E-state index contributed by atoms with van der Waals surface area (Å²) in [5, 5.41) is 101. The normalized spacial score (nSPS) is 13.0. The smallest absolute Gasteiger partial charge is 0.317 e. The summed E-state index contributed by atoms with van der Waals surface area (Å²) in [6, 6.07) is 7.50. The Labute approximate surface area is 594 Å². The zero-order valence-electron chi connectivity index (χ0n) is 57.6. The number of aliphatic carboxylic acids is 10. The molecule has 36 heteroatoms. The molecule has 3 aromatic rings. The number of rotatable bonds is 48. The van der Waals surface area contributed by atoms with Crippen molar-refractivity contribution in [1.82, 2.24) is 60.0 Å². The van der Waals surface area contributed by atoms with Crippen LogP contribution in [-0.2, 0) is 64.0 Å². The van der Waals surface area contributed by atoms with Crippen molar-refractivity contribution in [1.29, 1.82) is 0 Å². The summed E-state index contributed by atoms with van der Waals surface area (Å²) in [5.41, 5.74) is 10.9. The zero-order chi connectivity index (χ0) is 75.7. The molecule has 2 aliphatic heterocycles. The molecular formula is C66H90N12O22S2. The van der Waals surface area contributed by atoms with Gasteiger partial charge in [0, 0.05) is 122 Å². The molecule has 8 bridgehead atoms. The molecule has 2 amide bonds. The molecule has 34 nitrogen and oxygen atoms in total. The van der Waals surface area contributed by atoms with Gasteiger partial charge in [0.1, 0.15) is 0 Å². The first kappa shape index (κ1) is 83.4. The minimum absolute atomic E-state index is 0.0602. The van der Waals surface area contributed by atoms with Crippen LogP contribution in [0.25, 0.3) is 44.4 Å². The number of fused-ring (bicyclic) bond motifs is 8. The van der Waals surface area contributed by atoms with Crippen molar-refractivity contribution in [2.24, 2.45) is 0 Å². The lowest BCUT2D eigenvalue weighted by Gasteiger charge is -2.27. The van der Waals surface area contributed by atoms with E-state index in [0.717, 1.165) is 43.2 Å². The highest BCUT2D eigenvalue weighted by Crippen LogP contribution is 2.41. The maximum Gasteiger partial charge on any atom is 0.317 e. The molecule has 2 aliphatic rings. The number of carbonyl (C=O) groups excluding carboxylic acids is 2. The van der Waals surface area contributed by atoms with Gasteiger partial charge in [-0.1, -0.05) is 0 Å². The molecule has 5 heterocycles. The van der Waals surface area contributed by atoms with Crippen LogP contribution in [0.5, 0.6) is 0 Å². The van der Waals surface area contributed by atoms with Gasteiger partial charge in [0.25, 0.3) is 0 Å². The van der Waals surface area contributed by atoms with E-state index in [9.17, 15) is 109 Å². The summed E-state index contributed by atoms with van der Waals surface area (Å²) >= 11 is 2.99. The molecule has 2 atom stereocenters. The van der Waals surface area contributed by atoms with Crippen molar-refractivity contribution in [2.45, 2.75) is 77.7 Å². The van der Waals surface area contributed by atoms with Crippen LogP contribution in [-0.4, -0.2) is 320 Å². The van der Waals surface area contributed by atoms with Gasteiger partial charge in [0.05, 0.1) is 88.2 Å². The minimum Gasteiger partial charge on any atom is -0.481 e. The molecule has 0 radical (unpaired) electrons. The number of aromatic nitrogens is 4. The number of carbonyl (C=O) groups is 12. The summed E-state index contributed by atoms with van der Waals surface area (Å²) in [4.78, 5) is 169. The quantitative estimate of drug-likeness (QED) is 0.0361. The monoisotopic (exact) mass is 1470 g/mol. The van der Waals surface area contributed by atoms with Crippen LogP contribution in [0, 0.1) is 13.8 Å². The topological polar surface area (TPSA) is 508 Å². The summed E-state index contributed by atoms with van der Waals surface area (Å²) in [6.07, 6.45) is -0.138. The Balaban J connectivity index is 1.46. The van der Waals surface area contributed by atoms with E-state index in [4.69, 9.17) is 9.97 Å². The molecule has 5 rings (SSSR count). The Morgan fingerprint density at radius 2 is 0.725 bits per heavy atom. The summed E-state index contributed by atoms with van der Waals surface area (Å²) in [6.45, 7) is 5.64. The predicted octanol–water partition coefficient (Wildman–Crippen LogP) is 2.31. The molecular weight excluding hydrogens is 1380 g/mol. The molecule has 0 saturated heterocycles. The molecule has 558 valence electrons. The van der Waals surface area contributed by atoms with Crippen molar-refractivity contribution < 1.29 is 109 Å². The van der Waals surface area contributed by atoms with Gasteiger partial charge in [0.15, 0.2) is 0 Å². The average Bonchev–Trinajstić information content (AvgIpc) is 1.62. The molecule has 14 N–H and O–H groups in total. The summed E-state index contributed by atoms with van der Waals surface area (Å²) < 4.78 is 0. The van der Waals surface area contributed by atoms with Crippen LogP contribution < -0.4 is 10.6 Å². The van der Waals surface area contributed by atoms with Crippen molar-refractivity contribution in [3.05, 3.63) is 69.3 Å². The van der Waals surface area contributed by atoms with E-state index in [2.05, 4.69) is 20.6 Å². The third-order valence-electron chi connectivity index (χ3n) is 16.7. The largest absolute Gasteiger partial charge is 0.481 e. The fourth-order valence-electron chi connectivity index (χ4n) is 11.9. The van der Waals surface area contributed by atoms with Gasteiger partial charge in [0.2, 0.25) is 11.8 Å². The lowest BCUT2D eigenvalue weighted by atomic mass is 10.00. The Morgan fingerprint density at radius 1 is 0.392 bits per heavy atom. The number of nitrogens with zero attached hydrogens (tertiary/aromatic N) is 8. The second-order valence-electron chi connectivity index (χ2n) is 24.6. The molecule has 102 heavy (non-hydrogen) atoms. The van der Waals surface area contributed by atoms with E-state index in [0.29, 0.717) is 67.5 Å². The Kier molecular flexibility index (Phi) is 33.0. The van der Waals surface area contributed by atoms with E-state index in [1.165, 1.54) is 43.1 Å². The summed E-state index contributed by atoms with van der Waals surface area (Å²) in [5.74, 6) is -12.5. The number of aromatic amines is 2. The first-order valence-electron chi connectivity index (χ1n) is 32.5. The Morgan fingerprint density at radius 3 is 1.16 bits per heavy atom. The molecule has 0 fully saturated rings. The number of hydrogen-bond acceptors (Lipinski definition) is 22. The number of amides is 2. The molecule has 0 spiro atoms. The number of aryl methyl sites for hydroxylation is 3. The number of hydrogen-bond donors (Lipinski definition) is 14. The minimum atomic E-state index is -1.29. The van der Waals surface area contributed by atoms with Crippen molar-refractivity contribution in [3.8, 4) is 0 Å². The lowest BCUT2D eigenvalue weighted by Crippen LogP contribution is -2.46. The highest BCUT2D eigenvalue weighted by atomic mass is 32.2. The molecule has 2 unspecified atom stereocenters. The second-order valence-corrected chi connectivity index (χ2v) is 27.5. The third-order valence-corrected chi connectivity index (χ3v) is 19.1. The molecule has 0 aliphatic carbocycles. The summed E-state index contributed by atoms with van der Waals surface area (Å²) in [7, 11) is 0.